The fraction of sp³-hybridized carbons (Fsp3) is 0.867. The van der Waals surface area contributed by atoms with Crippen LogP contribution in [0.2, 0.25) is 0 Å². The molecule has 0 aromatic carbocycles. The summed E-state index contributed by atoms with van der Waals surface area (Å²) in [5.74, 6) is -0.242. The Morgan fingerprint density at radius 2 is 1.90 bits per heavy atom. The van der Waals surface area contributed by atoms with E-state index in [1.807, 2.05) is 13.8 Å². The predicted molar refractivity (Wildman–Crippen MR) is 78.6 cm³/mol. The van der Waals surface area contributed by atoms with Gasteiger partial charge in [0.2, 0.25) is 0 Å². The summed E-state index contributed by atoms with van der Waals surface area (Å²) < 4.78 is 0. The lowest BCUT2D eigenvalue weighted by Crippen LogP contribution is -2.49. The Kier molecular flexibility index (Phi) is 6.82. The molecule has 0 bridgehead atoms. The van der Waals surface area contributed by atoms with Crippen LogP contribution in [-0.2, 0) is 4.79 Å². The van der Waals surface area contributed by atoms with Crippen molar-refractivity contribution < 1.29 is 14.7 Å². The molecule has 0 aromatic rings. The monoisotopic (exact) mass is 284 g/mol. The minimum atomic E-state index is -0.963. The van der Waals surface area contributed by atoms with Crippen LogP contribution in [0, 0.1) is 11.8 Å². The molecule has 0 aliphatic heterocycles. The molecule has 2 unspecified atom stereocenters. The van der Waals surface area contributed by atoms with Crippen LogP contribution in [-0.4, -0.2) is 41.1 Å². The SMILES string of the molecule is CC(C)CN(CC(=O)O)C(=O)NC1CCCCCC1C. The highest BCUT2D eigenvalue weighted by Crippen LogP contribution is 2.23. The molecule has 0 heterocycles. The van der Waals surface area contributed by atoms with Crippen LogP contribution in [0.3, 0.4) is 0 Å². The van der Waals surface area contributed by atoms with E-state index in [4.69, 9.17) is 5.11 Å². The summed E-state index contributed by atoms with van der Waals surface area (Å²) in [7, 11) is 0. The van der Waals surface area contributed by atoms with E-state index in [1.54, 1.807) is 0 Å². The number of carboxylic acids is 1. The van der Waals surface area contributed by atoms with Crippen molar-refractivity contribution >= 4 is 12.0 Å². The zero-order chi connectivity index (χ0) is 15.1. The van der Waals surface area contributed by atoms with Crippen LogP contribution in [0.15, 0.2) is 0 Å². The summed E-state index contributed by atoms with van der Waals surface area (Å²) in [6.07, 6.45) is 5.71. The van der Waals surface area contributed by atoms with Gasteiger partial charge in [-0.15, -0.1) is 0 Å². The van der Waals surface area contributed by atoms with Gasteiger partial charge in [-0.1, -0.05) is 40.0 Å². The van der Waals surface area contributed by atoms with Gasteiger partial charge in [-0.3, -0.25) is 4.79 Å². The maximum Gasteiger partial charge on any atom is 0.323 e. The zero-order valence-corrected chi connectivity index (χ0v) is 12.9. The zero-order valence-electron chi connectivity index (χ0n) is 12.9. The van der Waals surface area contributed by atoms with E-state index < -0.39 is 5.97 Å². The van der Waals surface area contributed by atoms with Crippen LogP contribution in [0.25, 0.3) is 0 Å². The molecular formula is C15H28N2O3. The summed E-state index contributed by atoms with van der Waals surface area (Å²) >= 11 is 0. The van der Waals surface area contributed by atoms with E-state index in [0.717, 1.165) is 19.3 Å². The average Bonchev–Trinajstić information content (AvgIpc) is 2.53. The van der Waals surface area contributed by atoms with Crippen molar-refractivity contribution in [2.75, 3.05) is 13.1 Å². The fourth-order valence-corrected chi connectivity index (χ4v) is 2.78. The van der Waals surface area contributed by atoms with Crippen molar-refractivity contribution in [3.8, 4) is 0 Å². The largest absolute Gasteiger partial charge is 0.480 e. The van der Waals surface area contributed by atoms with Gasteiger partial charge in [0.15, 0.2) is 0 Å². The molecule has 1 saturated carbocycles. The first-order chi connectivity index (χ1) is 9.40. The van der Waals surface area contributed by atoms with Crippen molar-refractivity contribution in [3.63, 3.8) is 0 Å². The molecule has 2 N–H and O–H groups in total. The highest BCUT2D eigenvalue weighted by Gasteiger charge is 2.25. The smallest absolute Gasteiger partial charge is 0.323 e. The number of amides is 2. The molecular weight excluding hydrogens is 256 g/mol. The third kappa shape index (κ3) is 5.80. The topological polar surface area (TPSA) is 69.6 Å². The second kappa shape index (κ2) is 8.12. The van der Waals surface area contributed by atoms with Gasteiger partial charge in [0, 0.05) is 12.6 Å². The number of nitrogens with zero attached hydrogens (tertiary/aromatic N) is 1. The molecule has 116 valence electrons. The van der Waals surface area contributed by atoms with E-state index in [1.165, 1.54) is 17.7 Å². The predicted octanol–water partition coefficient (Wildman–Crippen LogP) is 2.71. The average molecular weight is 284 g/mol. The Morgan fingerprint density at radius 3 is 2.50 bits per heavy atom. The quantitative estimate of drug-likeness (QED) is 0.763. The van der Waals surface area contributed by atoms with E-state index in [0.29, 0.717) is 12.5 Å². The Morgan fingerprint density at radius 1 is 1.25 bits per heavy atom. The summed E-state index contributed by atoms with van der Waals surface area (Å²) in [4.78, 5) is 24.6. The number of carboxylic acid groups (broad SMARTS) is 1. The van der Waals surface area contributed by atoms with Gasteiger partial charge in [-0.25, -0.2) is 4.79 Å². The van der Waals surface area contributed by atoms with Crippen molar-refractivity contribution in [1.29, 1.82) is 0 Å². The third-order valence-electron chi connectivity index (χ3n) is 3.87. The molecule has 2 atom stereocenters. The molecule has 2 amide bonds. The van der Waals surface area contributed by atoms with Gasteiger partial charge in [-0.2, -0.15) is 0 Å². The van der Waals surface area contributed by atoms with E-state index in [9.17, 15) is 9.59 Å². The first-order valence-corrected chi connectivity index (χ1v) is 7.67. The third-order valence-corrected chi connectivity index (χ3v) is 3.87. The molecule has 0 aromatic heterocycles. The fourth-order valence-electron chi connectivity index (χ4n) is 2.78. The molecule has 20 heavy (non-hydrogen) atoms. The highest BCUT2D eigenvalue weighted by molar-refractivity contribution is 5.80. The van der Waals surface area contributed by atoms with Crippen LogP contribution >= 0.6 is 0 Å². The summed E-state index contributed by atoms with van der Waals surface area (Å²) in [5, 5.41) is 12.0. The molecule has 0 radical (unpaired) electrons. The van der Waals surface area contributed by atoms with Gasteiger partial charge >= 0.3 is 12.0 Å². The van der Waals surface area contributed by atoms with Crippen LogP contribution < -0.4 is 5.32 Å². The van der Waals surface area contributed by atoms with Gasteiger partial charge < -0.3 is 15.3 Å². The van der Waals surface area contributed by atoms with Crippen LogP contribution in [0.5, 0.6) is 0 Å². The van der Waals surface area contributed by atoms with Crippen molar-refractivity contribution in [3.05, 3.63) is 0 Å². The lowest BCUT2D eigenvalue weighted by molar-refractivity contribution is -0.137. The van der Waals surface area contributed by atoms with E-state index in [2.05, 4.69) is 12.2 Å². The Labute approximate surface area is 121 Å². The van der Waals surface area contributed by atoms with E-state index >= 15 is 0 Å². The lowest BCUT2D eigenvalue weighted by atomic mass is 9.97. The minimum Gasteiger partial charge on any atom is -0.480 e. The number of hydrogen-bond acceptors (Lipinski definition) is 2. The van der Waals surface area contributed by atoms with Gasteiger partial charge in [-0.05, 0) is 24.7 Å². The number of carbonyl (C=O) groups excluding carboxylic acids is 1. The summed E-state index contributed by atoms with van der Waals surface area (Å²) in [6.45, 7) is 6.37. The maximum absolute atomic E-state index is 12.3. The number of rotatable bonds is 5. The maximum atomic E-state index is 12.3. The Bertz CT molecular complexity index is 331. The van der Waals surface area contributed by atoms with E-state index in [-0.39, 0.29) is 24.5 Å². The van der Waals surface area contributed by atoms with Crippen molar-refractivity contribution in [2.24, 2.45) is 11.8 Å². The highest BCUT2D eigenvalue weighted by atomic mass is 16.4. The molecule has 5 heteroatoms. The molecule has 0 saturated heterocycles. The lowest BCUT2D eigenvalue weighted by Gasteiger charge is -2.28. The molecule has 1 aliphatic rings. The van der Waals surface area contributed by atoms with Crippen molar-refractivity contribution in [2.45, 2.75) is 58.9 Å². The Hall–Kier alpha value is -1.26. The minimum absolute atomic E-state index is 0.174. The summed E-state index contributed by atoms with van der Waals surface area (Å²) in [6, 6.07) is -0.0618. The Balaban J connectivity index is 2.61. The second-order valence-electron chi connectivity index (χ2n) is 6.34. The van der Waals surface area contributed by atoms with Crippen molar-refractivity contribution in [1.82, 2.24) is 10.2 Å². The molecule has 1 fully saturated rings. The first kappa shape index (κ1) is 16.8. The second-order valence-corrected chi connectivity index (χ2v) is 6.34. The molecule has 5 nitrogen and oxygen atoms in total. The first-order valence-electron chi connectivity index (χ1n) is 7.67. The molecule has 0 spiro atoms. The number of aliphatic carboxylic acids is 1. The van der Waals surface area contributed by atoms with Gasteiger partial charge in [0.25, 0.3) is 0 Å². The number of nitrogens with one attached hydrogen (secondary N) is 1. The standard InChI is InChI=1S/C15H28N2O3/c1-11(2)9-17(10-14(18)19)15(20)16-13-8-6-4-5-7-12(13)3/h11-13H,4-10H2,1-3H3,(H,16,20)(H,18,19). The molecule has 1 rings (SSSR count). The number of hydrogen-bond donors (Lipinski definition) is 2. The molecule has 1 aliphatic carbocycles. The van der Waals surface area contributed by atoms with Gasteiger partial charge in [0.1, 0.15) is 6.54 Å². The van der Waals surface area contributed by atoms with Gasteiger partial charge in [0.05, 0.1) is 0 Å². The van der Waals surface area contributed by atoms with Crippen LogP contribution in [0.1, 0.15) is 52.9 Å². The normalized spacial score (nSPS) is 23.2. The number of carbonyl (C=O) groups is 2. The van der Waals surface area contributed by atoms with Crippen LogP contribution in [0.4, 0.5) is 4.79 Å². The summed E-state index contributed by atoms with van der Waals surface area (Å²) in [5.41, 5.74) is 0. The number of urea groups is 1.